The molecule has 2 heterocycles. The first-order valence-electron chi connectivity index (χ1n) is 5.97. The zero-order valence-electron chi connectivity index (χ0n) is 10.9. The minimum absolute atomic E-state index is 0.265. The van der Waals surface area contributed by atoms with E-state index in [0.717, 1.165) is 15.8 Å². The monoisotopic (exact) mass is 306 g/mol. The van der Waals surface area contributed by atoms with Crippen LogP contribution in [0.5, 0.6) is 0 Å². The molecule has 1 aromatic carbocycles. The number of hydrogen-bond acceptors (Lipinski definition) is 4. The van der Waals surface area contributed by atoms with E-state index in [1.54, 1.807) is 12.3 Å². The van der Waals surface area contributed by atoms with Gasteiger partial charge in [-0.05, 0) is 19.9 Å². The van der Waals surface area contributed by atoms with Gasteiger partial charge in [-0.3, -0.25) is 10.1 Å². The van der Waals surface area contributed by atoms with Gasteiger partial charge in [-0.25, -0.2) is 4.98 Å². The number of benzene rings is 1. The molecule has 0 aliphatic carbocycles. The Kier molecular flexibility index (Phi) is 3.23. The van der Waals surface area contributed by atoms with Gasteiger partial charge in [0.25, 0.3) is 5.91 Å². The summed E-state index contributed by atoms with van der Waals surface area (Å²) in [5, 5.41) is 4.63. The van der Waals surface area contributed by atoms with Crippen LogP contribution in [0.2, 0.25) is 5.02 Å². The largest absolute Gasteiger partial charge is 0.449 e. The maximum Gasteiger partial charge on any atom is 0.293 e. The second-order valence-corrected chi connectivity index (χ2v) is 6.04. The topological polar surface area (TPSA) is 55.1 Å². The number of furan rings is 1. The van der Waals surface area contributed by atoms with E-state index < -0.39 is 0 Å². The number of anilines is 1. The lowest BCUT2D eigenvalue weighted by molar-refractivity contribution is 0.0998. The van der Waals surface area contributed by atoms with E-state index >= 15 is 0 Å². The Morgan fingerprint density at radius 3 is 2.85 bits per heavy atom. The molecule has 0 atom stereocenters. The average molecular weight is 307 g/mol. The first-order valence-corrected chi connectivity index (χ1v) is 7.17. The molecule has 2 aromatic heterocycles. The minimum atomic E-state index is -0.316. The number of aromatic nitrogens is 1. The SMILES string of the molecule is Cc1cnc(NC(=O)c2oc3c(Cl)cccc3c2C)s1. The highest BCUT2D eigenvalue weighted by molar-refractivity contribution is 7.15. The molecule has 0 fully saturated rings. The Bertz CT molecular complexity index is 807. The van der Waals surface area contributed by atoms with Crippen LogP contribution in [0.3, 0.4) is 0 Å². The van der Waals surface area contributed by atoms with E-state index in [4.69, 9.17) is 16.0 Å². The molecule has 102 valence electrons. The molecule has 3 rings (SSSR count). The van der Waals surface area contributed by atoms with Crippen molar-refractivity contribution in [3.05, 3.63) is 45.6 Å². The average Bonchev–Trinajstić information content (AvgIpc) is 2.95. The molecule has 1 N–H and O–H groups in total. The second-order valence-electron chi connectivity index (χ2n) is 4.40. The number of para-hydroxylation sites is 1. The van der Waals surface area contributed by atoms with Crippen molar-refractivity contribution in [1.29, 1.82) is 0 Å². The number of rotatable bonds is 2. The van der Waals surface area contributed by atoms with Crippen molar-refractivity contribution in [1.82, 2.24) is 4.98 Å². The Hall–Kier alpha value is -1.85. The molecule has 0 bridgehead atoms. The number of carbonyl (C=O) groups is 1. The maximum absolute atomic E-state index is 12.2. The molecular formula is C14H11ClN2O2S. The van der Waals surface area contributed by atoms with Crippen molar-refractivity contribution < 1.29 is 9.21 Å². The Labute approximate surface area is 124 Å². The van der Waals surface area contributed by atoms with E-state index in [9.17, 15) is 4.79 Å². The second kappa shape index (κ2) is 4.92. The fraction of sp³-hybridized carbons (Fsp3) is 0.143. The normalized spacial score (nSPS) is 10.9. The summed E-state index contributed by atoms with van der Waals surface area (Å²) in [6.45, 7) is 3.77. The smallest absolute Gasteiger partial charge is 0.293 e. The standard InChI is InChI=1S/C14H11ClN2O2S/c1-7-6-16-14(20-7)17-13(18)11-8(2)9-4-3-5-10(15)12(9)19-11/h3-6H,1-2H3,(H,16,17,18). The Morgan fingerprint density at radius 1 is 1.40 bits per heavy atom. The van der Waals surface area contributed by atoms with Crippen LogP contribution in [0.1, 0.15) is 21.0 Å². The summed E-state index contributed by atoms with van der Waals surface area (Å²) in [5.74, 6) is -0.0509. The lowest BCUT2D eigenvalue weighted by Gasteiger charge is -1.98. The van der Waals surface area contributed by atoms with Gasteiger partial charge in [0.05, 0.1) is 5.02 Å². The fourth-order valence-electron chi connectivity index (χ4n) is 1.99. The third-order valence-corrected chi connectivity index (χ3v) is 4.09. The predicted molar refractivity (Wildman–Crippen MR) is 80.8 cm³/mol. The number of nitrogens with one attached hydrogen (secondary N) is 1. The van der Waals surface area contributed by atoms with Crippen molar-refractivity contribution in [2.24, 2.45) is 0 Å². The van der Waals surface area contributed by atoms with Gasteiger partial charge in [0.2, 0.25) is 0 Å². The zero-order valence-corrected chi connectivity index (χ0v) is 12.4. The summed E-state index contributed by atoms with van der Waals surface area (Å²) >= 11 is 7.49. The number of nitrogens with zero attached hydrogens (tertiary/aromatic N) is 1. The van der Waals surface area contributed by atoms with Crippen LogP contribution in [0.25, 0.3) is 11.0 Å². The summed E-state index contributed by atoms with van der Waals surface area (Å²) in [5.41, 5.74) is 1.31. The van der Waals surface area contributed by atoms with Gasteiger partial charge in [0.15, 0.2) is 16.5 Å². The first kappa shape index (κ1) is 13.1. The number of hydrogen-bond donors (Lipinski definition) is 1. The summed E-state index contributed by atoms with van der Waals surface area (Å²) in [6.07, 6.45) is 1.71. The molecule has 4 nitrogen and oxygen atoms in total. The van der Waals surface area contributed by atoms with Crippen LogP contribution in [0.15, 0.2) is 28.8 Å². The first-order chi connectivity index (χ1) is 9.56. The van der Waals surface area contributed by atoms with Gasteiger partial charge in [-0.2, -0.15) is 0 Å². The third-order valence-electron chi connectivity index (χ3n) is 2.96. The number of fused-ring (bicyclic) bond motifs is 1. The molecule has 20 heavy (non-hydrogen) atoms. The van der Waals surface area contributed by atoms with Crippen LogP contribution in [0, 0.1) is 13.8 Å². The van der Waals surface area contributed by atoms with E-state index in [1.165, 1.54) is 11.3 Å². The Morgan fingerprint density at radius 2 is 2.20 bits per heavy atom. The van der Waals surface area contributed by atoms with E-state index in [1.807, 2.05) is 26.0 Å². The maximum atomic E-state index is 12.2. The van der Waals surface area contributed by atoms with Crippen molar-refractivity contribution >= 4 is 44.9 Å². The number of thiazole rings is 1. The number of carbonyl (C=O) groups excluding carboxylic acids is 1. The van der Waals surface area contributed by atoms with Gasteiger partial charge in [-0.15, -0.1) is 11.3 Å². The molecule has 0 aliphatic heterocycles. The van der Waals surface area contributed by atoms with Crippen LogP contribution in [-0.4, -0.2) is 10.9 Å². The molecule has 0 radical (unpaired) electrons. The number of halogens is 1. The van der Waals surface area contributed by atoms with Gasteiger partial charge in [-0.1, -0.05) is 23.7 Å². The lowest BCUT2D eigenvalue weighted by Crippen LogP contribution is -2.11. The summed E-state index contributed by atoms with van der Waals surface area (Å²) in [6, 6.07) is 5.45. The van der Waals surface area contributed by atoms with Crippen molar-refractivity contribution in [2.45, 2.75) is 13.8 Å². The van der Waals surface area contributed by atoms with Gasteiger partial charge in [0, 0.05) is 22.0 Å². The van der Waals surface area contributed by atoms with Gasteiger partial charge in [0.1, 0.15) is 0 Å². The number of amides is 1. The van der Waals surface area contributed by atoms with Crippen LogP contribution >= 0.6 is 22.9 Å². The van der Waals surface area contributed by atoms with Crippen LogP contribution in [-0.2, 0) is 0 Å². The quantitative estimate of drug-likeness (QED) is 0.763. The van der Waals surface area contributed by atoms with Crippen molar-refractivity contribution in [3.8, 4) is 0 Å². The van der Waals surface area contributed by atoms with Gasteiger partial charge >= 0.3 is 0 Å². The minimum Gasteiger partial charge on any atom is -0.449 e. The predicted octanol–water partition coefficient (Wildman–Crippen LogP) is 4.41. The van der Waals surface area contributed by atoms with E-state index in [-0.39, 0.29) is 11.7 Å². The molecule has 0 unspecified atom stereocenters. The van der Waals surface area contributed by atoms with Crippen molar-refractivity contribution in [3.63, 3.8) is 0 Å². The highest BCUT2D eigenvalue weighted by Crippen LogP contribution is 2.31. The van der Waals surface area contributed by atoms with Crippen LogP contribution < -0.4 is 5.32 Å². The molecule has 0 aliphatic rings. The molecular weight excluding hydrogens is 296 g/mol. The molecule has 0 saturated heterocycles. The lowest BCUT2D eigenvalue weighted by atomic mass is 10.1. The van der Waals surface area contributed by atoms with E-state index in [2.05, 4.69) is 10.3 Å². The zero-order chi connectivity index (χ0) is 14.3. The fourth-order valence-corrected chi connectivity index (χ4v) is 2.86. The van der Waals surface area contributed by atoms with Gasteiger partial charge < -0.3 is 4.42 Å². The molecule has 6 heteroatoms. The molecule has 0 saturated carbocycles. The van der Waals surface area contributed by atoms with Crippen molar-refractivity contribution in [2.75, 3.05) is 5.32 Å². The summed E-state index contributed by atoms with van der Waals surface area (Å²) in [7, 11) is 0. The highest BCUT2D eigenvalue weighted by atomic mass is 35.5. The summed E-state index contributed by atoms with van der Waals surface area (Å²) < 4.78 is 5.60. The van der Waals surface area contributed by atoms with E-state index in [0.29, 0.717) is 15.7 Å². The third kappa shape index (κ3) is 2.19. The molecule has 0 spiro atoms. The Balaban J connectivity index is 1.99. The number of aryl methyl sites for hydroxylation is 2. The molecule has 3 aromatic rings. The summed E-state index contributed by atoms with van der Waals surface area (Å²) in [4.78, 5) is 17.4. The van der Waals surface area contributed by atoms with Crippen LogP contribution in [0.4, 0.5) is 5.13 Å². The highest BCUT2D eigenvalue weighted by Gasteiger charge is 2.19. The molecule has 1 amide bonds.